The molecule has 0 aliphatic heterocycles. The van der Waals surface area contributed by atoms with E-state index < -0.39 is 0 Å². The van der Waals surface area contributed by atoms with Gasteiger partial charge in [-0.2, -0.15) is 5.10 Å². The first-order valence-electron chi connectivity index (χ1n) is 5.55. The lowest BCUT2D eigenvalue weighted by molar-refractivity contribution is 0.409. The number of hydrogen-bond donors (Lipinski definition) is 1. The van der Waals surface area contributed by atoms with Crippen LogP contribution in [0.5, 0.6) is 5.75 Å². The highest BCUT2D eigenvalue weighted by atomic mass is 19.1. The predicted molar refractivity (Wildman–Crippen MR) is 64.7 cm³/mol. The van der Waals surface area contributed by atoms with Crippen molar-refractivity contribution in [1.82, 2.24) is 14.8 Å². The van der Waals surface area contributed by atoms with Crippen LogP contribution in [0.15, 0.2) is 18.2 Å². The van der Waals surface area contributed by atoms with E-state index in [9.17, 15) is 4.39 Å². The summed E-state index contributed by atoms with van der Waals surface area (Å²) in [5.74, 6) is 1.61. The Bertz CT molecular complexity index is 553. The second kappa shape index (κ2) is 5.14. The normalized spacial score (nSPS) is 10.7. The molecule has 1 heterocycles. The fraction of sp³-hybridized carbons (Fsp3) is 0.333. The van der Waals surface area contributed by atoms with Gasteiger partial charge in [0.25, 0.3) is 0 Å². The molecule has 2 rings (SSSR count). The summed E-state index contributed by atoms with van der Waals surface area (Å²) in [6.07, 6.45) is 0.411. The van der Waals surface area contributed by atoms with Gasteiger partial charge >= 0.3 is 0 Å². The number of halogens is 1. The molecule has 0 aliphatic rings. The summed E-state index contributed by atoms with van der Waals surface area (Å²) < 4.78 is 20.0. The van der Waals surface area contributed by atoms with Crippen LogP contribution >= 0.6 is 0 Å². The van der Waals surface area contributed by atoms with E-state index in [4.69, 9.17) is 10.5 Å². The molecule has 18 heavy (non-hydrogen) atoms. The molecule has 5 nitrogen and oxygen atoms in total. The average molecular weight is 250 g/mol. The van der Waals surface area contributed by atoms with Crippen molar-refractivity contribution in [1.29, 1.82) is 0 Å². The van der Waals surface area contributed by atoms with Gasteiger partial charge in [-0.25, -0.2) is 9.37 Å². The van der Waals surface area contributed by atoms with Crippen molar-refractivity contribution in [3.63, 3.8) is 0 Å². The molecule has 1 aromatic carbocycles. The second-order valence-corrected chi connectivity index (χ2v) is 3.90. The van der Waals surface area contributed by atoms with E-state index >= 15 is 0 Å². The monoisotopic (exact) mass is 250 g/mol. The Morgan fingerprint density at radius 3 is 2.83 bits per heavy atom. The first kappa shape index (κ1) is 12.5. The third-order valence-electron chi connectivity index (χ3n) is 2.67. The zero-order valence-corrected chi connectivity index (χ0v) is 10.4. The molecule has 0 saturated carbocycles. The Balaban J connectivity index is 2.29. The SMILES string of the molecule is COc1ccc(F)cc1Cc1nc(CN)n(C)n1. The van der Waals surface area contributed by atoms with Crippen LogP contribution in [-0.4, -0.2) is 21.9 Å². The smallest absolute Gasteiger partial charge is 0.155 e. The minimum absolute atomic E-state index is 0.305. The quantitative estimate of drug-likeness (QED) is 0.879. The molecule has 0 unspecified atom stereocenters. The molecule has 0 amide bonds. The van der Waals surface area contributed by atoms with Gasteiger partial charge in [0.15, 0.2) is 5.82 Å². The minimum Gasteiger partial charge on any atom is -0.496 e. The average Bonchev–Trinajstić information content (AvgIpc) is 2.70. The largest absolute Gasteiger partial charge is 0.496 e. The van der Waals surface area contributed by atoms with E-state index in [2.05, 4.69) is 10.1 Å². The van der Waals surface area contributed by atoms with Gasteiger partial charge in [-0.1, -0.05) is 0 Å². The molecule has 0 spiro atoms. The molecular weight excluding hydrogens is 235 g/mol. The van der Waals surface area contributed by atoms with Crippen LogP contribution in [0.3, 0.4) is 0 Å². The summed E-state index contributed by atoms with van der Waals surface area (Å²) >= 11 is 0. The molecule has 0 radical (unpaired) electrons. The summed E-state index contributed by atoms with van der Waals surface area (Å²) in [6, 6.07) is 4.38. The van der Waals surface area contributed by atoms with Crippen LogP contribution < -0.4 is 10.5 Å². The molecule has 2 aromatic rings. The topological polar surface area (TPSA) is 66.0 Å². The first-order valence-corrected chi connectivity index (χ1v) is 5.55. The summed E-state index contributed by atoms with van der Waals surface area (Å²) in [7, 11) is 3.33. The van der Waals surface area contributed by atoms with Crippen molar-refractivity contribution in [3.8, 4) is 5.75 Å². The highest BCUT2D eigenvalue weighted by Crippen LogP contribution is 2.21. The Labute approximate surface area is 104 Å². The number of ether oxygens (including phenoxy) is 1. The van der Waals surface area contributed by atoms with E-state index in [0.29, 0.717) is 35.9 Å². The van der Waals surface area contributed by atoms with Crippen molar-refractivity contribution in [3.05, 3.63) is 41.2 Å². The van der Waals surface area contributed by atoms with Crippen molar-refractivity contribution < 1.29 is 9.13 Å². The fourth-order valence-corrected chi connectivity index (χ4v) is 1.78. The van der Waals surface area contributed by atoms with Crippen LogP contribution in [0.25, 0.3) is 0 Å². The summed E-state index contributed by atoms with van der Waals surface area (Å²) in [5.41, 5.74) is 6.24. The third kappa shape index (κ3) is 2.48. The number of rotatable bonds is 4. The van der Waals surface area contributed by atoms with Crippen LogP contribution in [0, 0.1) is 5.82 Å². The van der Waals surface area contributed by atoms with E-state index in [1.807, 2.05) is 0 Å². The van der Waals surface area contributed by atoms with Gasteiger partial charge in [-0.05, 0) is 18.2 Å². The van der Waals surface area contributed by atoms with Crippen molar-refractivity contribution >= 4 is 0 Å². The van der Waals surface area contributed by atoms with E-state index in [0.717, 1.165) is 0 Å². The van der Waals surface area contributed by atoms with Gasteiger partial charge in [0.2, 0.25) is 0 Å². The molecular formula is C12H15FN4O. The zero-order valence-electron chi connectivity index (χ0n) is 10.4. The van der Waals surface area contributed by atoms with Crippen LogP contribution in [0.1, 0.15) is 17.2 Å². The summed E-state index contributed by atoms with van der Waals surface area (Å²) in [6.45, 7) is 0.323. The van der Waals surface area contributed by atoms with Crippen LogP contribution in [0.4, 0.5) is 4.39 Å². The summed E-state index contributed by atoms with van der Waals surface area (Å²) in [4.78, 5) is 4.28. The number of nitrogens with two attached hydrogens (primary N) is 1. The predicted octanol–water partition coefficient (Wildman–Crippen LogP) is 1.01. The zero-order chi connectivity index (χ0) is 13.1. The van der Waals surface area contributed by atoms with Gasteiger partial charge in [0.05, 0.1) is 13.7 Å². The van der Waals surface area contributed by atoms with Crippen molar-refractivity contribution in [2.24, 2.45) is 12.8 Å². The van der Waals surface area contributed by atoms with Crippen LogP contribution in [-0.2, 0) is 20.0 Å². The molecule has 0 saturated heterocycles. The number of aryl methyl sites for hydroxylation is 1. The Kier molecular flexibility index (Phi) is 3.57. The third-order valence-corrected chi connectivity index (χ3v) is 2.67. The Morgan fingerprint density at radius 1 is 1.44 bits per heavy atom. The highest BCUT2D eigenvalue weighted by Gasteiger charge is 2.10. The van der Waals surface area contributed by atoms with Crippen molar-refractivity contribution in [2.75, 3.05) is 7.11 Å². The van der Waals surface area contributed by atoms with E-state index in [1.165, 1.54) is 12.1 Å². The minimum atomic E-state index is -0.305. The van der Waals surface area contributed by atoms with Gasteiger partial charge in [-0.15, -0.1) is 0 Å². The molecule has 96 valence electrons. The first-order chi connectivity index (χ1) is 8.63. The highest BCUT2D eigenvalue weighted by molar-refractivity contribution is 5.35. The van der Waals surface area contributed by atoms with Crippen LogP contribution in [0.2, 0.25) is 0 Å². The number of hydrogen-bond acceptors (Lipinski definition) is 4. The maximum Gasteiger partial charge on any atom is 0.155 e. The molecule has 0 atom stereocenters. The lowest BCUT2D eigenvalue weighted by atomic mass is 10.1. The molecule has 6 heteroatoms. The second-order valence-electron chi connectivity index (χ2n) is 3.90. The number of nitrogens with zero attached hydrogens (tertiary/aromatic N) is 3. The fourth-order valence-electron chi connectivity index (χ4n) is 1.78. The standard InChI is InChI=1S/C12H15FN4O/c1-17-12(7-14)15-11(16-17)6-8-5-9(13)3-4-10(8)18-2/h3-5H,6-7,14H2,1-2H3. The van der Waals surface area contributed by atoms with Gasteiger partial charge in [0.1, 0.15) is 17.4 Å². The lowest BCUT2D eigenvalue weighted by Crippen LogP contribution is -2.05. The number of methoxy groups -OCH3 is 1. The molecule has 0 aliphatic carbocycles. The molecule has 2 N–H and O–H groups in total. The van der Waals surface area contributed by atoms with Gasteiger partial charge in [-0.3, -0.25) is 4.68 Å². The van der Waals surface area contributed by atoms with Gasteiger partial charge < -0.3 is 10.5 Å². The lowest BCUT2D eigenvalue weighted by Gasteiger charge is -2.06. The molecule has 0 bridgehead atoms. The number of aromatic nitrogens is 3. The van der Waals surface area contributed by atoms with Crippen molar-refractivity contribution in [2.45, 2.75) is 13.0 Å². The Hall–Kier alpha value is -1.95. The van der Waals surface area contributed by atoms with E-state index in [-0.39, 0.29) is 5.82 Å². The van der Waals surface area contributed by atoms with Gasteiger partial charge in [0, 0.05) is 19.0 Å². The molecule has 0 fully saturated rings. The molecule has 1 aromatic heterocycles. The Morgan fingerprint density at radius 2 is 2.22 bits per heavy atom. The number of benzene rings is 1. The maximum absolute atomic E-state index is 13.2. The summed E-state index contributed by atoms with van der Waals surface area (Å²) in [5, 5.41) is 4.23. The maximum atomic E-state index is 13.2. The van der Waals surface area contributed by atoms with E-state index in [1.54, 1.807) is 24.9 Å².